The molecule has 1 aromatic carbocycles. The molecule has 0 atom stereocenters. The van der Waals surface area contributed by atoms with E-state index in [9.17, 15) is 0 Å². The highest BCUT2D eigenvalue weighted by Gasteiger charge is 2.18. The van der Waals surface area contributed by atoms with Crippen molar-refractivity contribution < 1.29 is 0 Å². The fraction of sp³-hybridized carbons (Fsp3) is 0.312. The summed E-state index contributed by atoms with van der Waals surface area (Å²) in [4.78, 5) is 9.32. The lowest BCUT2D eigenvalue weighted by Crippen LogP contribution is -2.46. The van der Waals surface area contributed by atoms with E-state index in [0.717, 1.165) is 36.6 Å². The van der Waals surface area contributed by atoms with E-state index in [1.165, 1.54) is 11.3 Å². The van der Waals surface area contributed by atoms with Gasteiger partial charge in [0.25, 0.3) is 0 Å². The molecule has 0 amide bonds. The third-order valence-electron chi connectivity index (χ3n) is 3.67. The number of halogens is 1. The van der Waals surface area contributed by atoms with E-state index < -0.39 is 0 Å². The molecule has 0 N–H and O–H groups in total. The van der Waals surface area contributed by atoms with E-state index in [1.54, 1.807) is 0 Å². The van der Waals surface area contributed by atoms with E-state index in [2.05, 4.69) is 68.0 Å². The Kier molecular flexibility index (Phi) is 3.92. The van der Waals surface area contributed by atoms with E-state index in [1.807, 2.05) is 12.1 Å². The largest absolute Gasteiger partial charge is 0.368 e. The molecular formula is C16H18BrN3. The Morgan fingerprint density at radius 3 is 2.35 bits per heavy atom. The van der Waals surface area contributed by atoms with Gasteiger partial charge in [0, 0.05) is 31.9 Å². The van der Waals surface area contributed by atoms with E-state index >= 15 is 0 Å². The average molecular weight is 332 g/mol. The molecule has 104 valence electrons. The van der Waals surface area contributed by atoms with Gasteiger partial charge in [0.05, 0.1) is 0 Å². The summed E-state index contributed by atoms with van der Waals surface area (Å²) < 4.78 is 0.899. The number of pyridine rings is 1. The molecule has 2 heterocycles. The molecule has 2 aromatic rings. The van der Waals surface area contributed by atoms with Crippen LogP contribution in [0.15, 0.2) is 47.1 Å². The zero-order valence-corrected chi connectivity index (χ0v) is 13.2. The molecule has 0 radical (unpaired) electrons. The van der Waals surface area contributed by atoms with Gasteiger partial charge in [-0.2, -0.15) is 0 Å². The second-order valence-electron chi connectivity index (χ2n) is 5.13. The van der Waals surface area contributed by atoms with Gasteiger partial charge < -0.3 is 9.80 Å². The first-order chi connectivity index (χ1) is 9.72. The van der Waals surface area contributed by atoms with Gasteiger partial charge in [-0.05, 0) is 52.7 Å². The maximum atomic E-state index is 4.53. The Hall–Kier alpha value is -1.55. The van der Waals surface area contributed by atoms with Crippen molar-refractivity contribution in [2.75, 3.05) is 36.0 Å². The summed E-state index contributed by atoms with van der Waals surface area (Å²) in [5, 5.41) is 0. The van der Waals surface area contributed by atoms with Crippen LogP contribution in [0.5, 0.6) is 0 Å². The number of hydrogen-bond donors (Lipinski definition) is 0. The van der Waals surface area contributed by atoms with Gasteiger partial charge in [0.1, 0.15) is 10.4 Å². The predicted molar refractivity (Wildman–Crippen MR) is 87.5 cm³/mol. The summed E-state index contributed by atoms with van der Waals surface area (Å²) >= 11 is 3.44. The highest BCUT2D eigenvalue weighted by Crippen LogP contribution is 2.21. The molecule has 3 nitrogen and oxygen atoms in total. The summed E-state index contributed by atoms with van der Waals surface area (Å²) in [5.41, 5.74) is 2.64. The van der Waals surface area contributed by atoms with Crippen LogP contribution in [-0.2, 0) is 0 Å². The van der Waals surface area contributed by atoms with Gasteiger partial charge in [-0.3, -0.25) is 0 Å². The van der Waals surface area contributed by atoms with E-state index in [4.69, 9.17) is 0 Å². The number of hydrogen-bond acceptors (Lipinski definition) is 3. The van der Waals surface area contributed by atoms with Crippen LogP contribution >= 0.6 is 15.9 Å². The molecule has 0 spiro atoms. The first-order valence-corrected chi connectivity index (χ1v) is 7.71. The summed E-state index contributed by atoms with van der Waals surface area (Å²) in [6.07, 6.45) is 0. The van der Waals surface area contributed by atoms with Gasteiger partial charge in [-0.25, -0.2) is 4.98 Å². The van der Waals surface area contributed by atoms with Crippen molar-refractivity contribution in [2.45, 2.75) is 6.92 Å². The summed E-state index contributed by atoms with van der Waals surface area (Å²) in [7, 11) is 0. The predicted octanol–water partition coefficient (Wildman–Crippen LogP) is 3.48. The fourth-order valence-corrected chi connectivity index (χ4v) is 2.93. The van der Waals surface area contributed by atoms with Crippen LogP contribution in [0.1, 0.15) is 5.56 Å². The summed E-state index contributed by atoms with van der Waals surface area (Å²) in [6.45, 7) is 6.25. The topological polar surface area (TPSA) is 19.4 Å². The molecule has 20 heavy (non-hydrogen) atoms. The van der Waals surface area contributed by atoms with Crippen molar-refractivity contribution in [2.24, 2.45) is 0 Å². The van der Waals surface area contributed by atoms with Gasteiger partial charge >= 0.3 is 0 Å². The number of nitrogens with zero attached hydrogens (tertiary/aromatic N) is 3. The van der Waals surface area contributed by atoms with Crippen LogP contribution in [0.3, 0.4) is 0 Å². The van der Waals surface area contributed by atoms with Gasteiger partial charge in [-0.1, -0.05) is 18.2 Å². The van der Waals surface area contributed by atoms with Gasteiger partial charge in [0.15, 0.2) is 0 Å². The molecule has 1 saturated heterocycles. The van der Waals surface area contributed by atoms with Gasteiger partial charge in [-0.15, -0.1) is 0 Å². The lowest BCUT2D eigenvalue weighted by Gasteiger charge is -2.36. The first kappa shape index (κ1) is 13.4. The van der Waals surface area contributed by atoms with E-state index in [-0.39, 0.29) is 0 Å². The SMILES string of the molecule is Cc1cccc(N2CCN(c3cccc(Br)n3)CC2)c1. The third kappa shape index (κ3) is 2.96. The lowest BCUT2D eigenvalue weighted by atomic mass is 10.2. The Bertz CT molecular complexity index is 538. The molecule has 4 heteroatoms. The highest BCUT2D eigenvalue weighted by atomic mass is 79.9. The van der Waals surface area contributed by atoms with Crippen LogP contribution in [0, 0.1) is 6.92 Å². The summed E-state index contributed by atoms with van der Waals surface area (Å²) in [6, 6.07) is 14.8. The minimum Gasteiger partial charge on any atom is -0.368 e. The van der Waals surface area contributed by atoms with Crippen molar-refractivity contribution in [3.63, 3.8) is 0 Å². The molecule has 1 fully saturated rings. The van der Waals surface area contributed by atoms with E-state index in [0.29, 0.717) is 0 Å². The van der Waals surface area contributed by atoms with Crippen LogP contribution in [0.25, 0.3) is 0 Å². The van der Waals surface area contributed by atoms with Crippen LogP contribution < -0.4 is 9.80 Å². The monoisotopic (exact) mass is 331 g/mol. The zero-order valence-electron chi connectivity index (χ0n) is 11.6. The van der Waals surface area contributed by atoms with Crippen molar-refractivity contribution in [1.82, 2.24) is 4.98 Å². The minimum atomic E-state index is 0.899. The zero-order chi connectivity index (χ0) is 13.9. The summed E-state index contributed by atoms with van der Waals surface area (Å²) in [5.74, 6) is 1.06. The Labute approximate surface area is 128 Å². The number of aryl methyl sites for hydroxylation is 1. The van der Waals surface area contributed by atoms with Crippen LogP contribution in [-0.4, -0.2) is 31.2 Å². The molecule has 1 aliphatic rings. The third-order valence-corrected chi connectivity index (χ3v) is 4.11. The van der Waals surface area contributed by atoms with Crippen molar-refractivity contribution in [3.8, 4) is 0 Å². The molecular weight excluding hydrogens is 314 g/mol. The molecule has 0 bridgehead atoms. The number of aromatic nitrogens is 1. The first-order valence-electron chi connectivity index (χ1n) is 6.91. The van der Waals surface area contributed by atoms with Crippen molar-refractivity contribution in [1.29, 1.82) is 0 Å². The molecule has 1 aliphatic heterocycles. The smallest absolute Gasteiger partial charge is 0.129 e. The second kappa shape index (κ2) is 5.83. The number of piperazine rings is 1. The maximum Gasteiger partial charge on any atom is 0.129 e. The van der Waals surface area contributed by atoms with Crippen molar-refractivity contribution >= 4 is 27.4 Å². The highest BCUT2D eigenvalue weighted by molar-refractivity contribution is 9.10. The number of anilines is 2. The van der Waals surface area contributed by atoms with Crippen molar-refractivity contribution in [3.05, 3.63) is 52.6 Å². The second-order valence-corrected chi connectivity index (χ2v) is 5.94. The lowest BCUT2D eigenvalue weighted by molar-refractivity contribution is 0.647. The molecule has 0 saturated carbocycles. The fourth-order valence-electron chi connectivity index (χ4n) is 2.59. The molecule has 3 rings (SSSR count). The van der Waals surface area contributed by atoms with Gasteiger partial charge in [0.2, 0.25) is 0 Å². The Morgan fingerprint density at radius 2 is 1.65 bits per heavy atom. The number of benzene rings is 1. The standard InChI is InChI=1S/C16H18BrN3/c1-13-4-2-5-14(12-13)19-8-10-20(11-9-19)16-7-3-6-15(17)18-16/h2-7,12H,8-11H2,1H3. The van der Waals surface area contributed by atoms with Crippen LogP contribution in [0.2, 0.25) is 0 Å². The molecule has 0 aliphatic carbocycles. The Balaban J connectivity index is 1.68. The van der Waals surface area contributed by atoms with Crippen LogP contribution in [0.4, 0.5) is 11.5 Å². The normalized spacial score (nSPS) is 15.5. The quantitative estimate of drug-likeness (QED) is 0.785. The molecule has 1 aromatic heterocycles. The Morgan fingerprint density at radius 1 is 0.950 bits per heavy atom. The minimum absolute atomic E-state index is 0.899. The number of rotatable bonds is 2. The molecule has 0 unspecified atom stereocenters. The average Bonchev–Trinajstić information content (AvgIpc) is 2.47. The maximum absolute atomic E-state index is 4.53.